The van der Waals surface area contributed by atoms with E-state index in [2.05, 4.69) is 43.1 Å². The van der Waals surface area contributed by atoms with Gasteiger partial charge in [-0.3, -0.25) is 0 Å². The van der Waals surface area contributed by atoms with E-state index >= 15 is 0 Å². The molecule has 1 aromatic carbocycles. The summed E-state index contributed by atoms with van der Waals surface area (Å²) in [5.41, 5.74) is 5.65. The molecule has 0 spiro atoms. The van der Waals surface area contributed by atoms with Crippen molar-refractivity contribution in [3.63, 3.8) is 0 Å². The molecular weight excluding hydrogens is 284 g/mol. The lowest BCUT2D eigenvalue weighted by atomic mass is 9.87. The molecule has 0 bridgehead atoms. The van der Waals surface area contributed by atoms with Crippen LogP contribution in [0.2, 0.25) is 0 Å². The summed E-state index contributed by atoms with van der Waals surface area (Å²) in [6, 6.07) is 4.48. The molecule has 0 saturated heterocycles. The Labute approximate surface area is 140 Å². The summed E-state index contributed by atoms with van der Waals surface area (Å²) in [6.07, 6.45) is 12.2. The molecule has 0 saturated carbocycles. The molecule has 0 aliphatic heterocycles. The Kier molecular flexibility index (Phi) is 7.31. The first kappa shape index (κ1) is 17.7. The van der Waals surface area contributed by atoms with Gasteiger partial charge >= 0.3 is 0 Å². The van der Waals surface area contributed by atoms with Gasteiger partial charge in [0.25, 0.3) is 0 Å². The van der Waals surface area contributed by atoms with Crippen molar-refractivity contribution in [1.29, 1.82) is 0 Å². The second kappa shape index (κ2) is 9.49. The third kappa shape index (κ3) is 4.66. The van der Waals surface area contributed by atoms with E-state index in [9.17, 15) is 0 Å². The molecule has 23 heavy (non-hydrogen) atoms. The minimum absolute atomic E-state index is 0.663. The fraction of sp³-hybridized carbons (Fsp3) is 0.600. The van der Waals surface area contributed by atoms with Crippen molar-refractivity contribution < 1.29 is 4.42 Å². The summed E-state index contributed by atoms with van der Waals surface area (Å²) in [5.74, 6) is 0.663. The Balaban J connectivity index is 2.45. The van der Waals surface area contributed by atoms with Gasteiger partial charge in [-0.05, 0) is 61.3 Å². The molecule has 126 valence electrons. The maximum absolute atomic E-state index is 5.50. The summed E-state index contributed by atoms with van der Waals surface area (Å²) >= 11 is 0. The zero-order valence-corrected chi connectivity index (χ0v) is 14.9. The number of benzene rings is 1. The van der Waals surface area contributed by atoms with Crippen molar-refractivity contribution >= 4 is 0 Å². The van der Waals surface area contributed by atoms with Crippen LogP contribution >= 0.6 is 0 Å². The molecule has 0 aliphatic rings. The predicted molar refractivity (Wildman–Crippen MR) is 95.6 cm³/mol. The van der Waals surface area contributed by atoms with Crippen molar-refractivity contribution in [3.05, 3.63) is 35.2 Å². The molecule has 0 N–H and O–H groups in total. The second-order valence-electron chi connectivity index (χ2n) is 6.28. The highest BCUT2D eigenvalue weighted by molar-refractivity contribution is 5.62. The van der Waals surface area contributed by atoms with Gasteiger partial charge in [0.15, 0.2) is 0 Å². The lowest BCUT2D eigenvalue weighted by Crippen LogP contribution is -2.04. The van der Waals surface area contributed by atoms with Crippen LogP contribution in [0.1, 0.15) is 76.0 Å². The smallest absolute Gasteiger partial charge is 0.247 e. The minimum atomic E-state index is 0.663. The molecule has 2 aromatic rings. The number of aromatic nitrogens is 2. The van der Waals surface area contributed by atoms with Crippen LogP contribution in [-0.4, -0.2) is 10.2 Å². The molecule has 0 radical (unpaired) electrons. The van der Waals surface area contributed by atoms with Crippen molar-refractivity contribution in [2.24, 2.45) is 0 Å². The highest BCUT2D eigenvalue weighted by Gasteiger charge is 2.16. The van der Waals surface area contributed by atoms with Gasteiger partial charge in [0, 0.05) is 5.56 Å². The van der Waals surface area contributed by atoms with E-state index in [1.807, 2.05) is 0 Å². The number of nitrogens with zero attached hydrogens (tertiary/aromatic N) is 2. The average Bonchev–Trinajstić information content (AvgIpc) is 3.10. The Morgan fingerprint density at radius 3 is 2.09 bits per heavy atom. The van der Waals surface area contributed by atoms with E-state index in [0.717, 1.165) is 18.4 Å². The Bertz CT molecular complexity index is 576. The highest BCUT2D eigenvalue weighted by atomic mass is 16.4. The maximum atomic E-state index is 5.50. The van der Waals surface area contributed by atoms with E-state index in [-0.39, 0.29) is 0 Å². The van der Waals surface area contributed by atoms with Crippen molar-refractivity contribution in [3.8, 4) is 11.5 Å². The molecule has 0 amide bonds. The second-order valence-corrected chi connectivity index (χ2v) is 6.28. The van der Waals surface area contributed by atoms with Crippen LogP contribution in [0, 0.1) is 0 Å². The average molecular weight is 314 g/mol. The minimum Gasteiger partial charge on any atom is -0.423 e. The molecule has 1 aromatic heterocycles. The highest BCUT2D eigenvalue weighted by Crippen LogP contribution is 2.31. The van der Waals surface area contributed by atoms with Gasteiger partial charge in [-0.25, -0.2) is 0 Å². The fourth-order valence-electron chi connectivity index (χ4n) is 3.14. The third-order valence-electron chi connectivity index (χ3n) is 4.48. The van der Waals surface area contributed by atoms with Crippen LogP contribution in [-0.2, 0) is 19.3 Å². The third-order valence-corrected chi connectivity index (χ3v) is 4.48. The van der Waals surface area contributed by atoms with Crippen LogP contribution in [0.3, 0.4) is 0 Å². The molecular formula is C20H30N2O. The molecule has 3 heteroatoms. The summed E-state index contributed by atoms with van der Waals surface area (Å²) < 4.78 is 5.50. The van der Waals surface area contributed by atoms with Crippen LogP contribution in [0.5, 0.6) is 0 Å². The standard InChI is InChI=1S/C20H30N2O/c1-4-7-10-16-13-14-19(20-22-21-15-23-20)18(12-9-6-3)17(16)11-8-5-2/h13-15H,4-12H2,1-3H3. The summed E-state index contributed by atoms with van der Waals surface area (Å²) in [4.78, 5) is 0. The van der Waals surface area contributed by atoms with Crippen molar-refractivity contribution in [1.82, 2.24) is 10.2 Å². The first-order chi connectivity index (χ1) is 11.3. The molecule has 0 unspecified atom stereocenters. The molecule has 3 nitrogen and oxygen atoms in total. The molecule has 0 aliphatic carbocycles. The lowest BCUT2D eigenvalue weighted by molar-refractivity contribution is 0.567. The van der Waals surface area contributed by atoms with Crippen molar-refractivity contribution in [2.75, 3.05) is 0 Å². The quantitative estimate of drug-likeness (QED) is 0.559. The van der Waals surface area contributed by atoms with Gasteiger partial charge in [0.2, 0.25) is 12.3 Å². The van der Waals surface area contributed by atoms with E-state index < -0.39 is 0 Å². The van der Waals surface area contributed by atoms with Gasteiger partial charge in [0.1, 0.15) is 0 Å². The first-order valence-electron chi connectivity index (χ1n) is 9.21. The van der Waals surface area contributed by atoms with Gasteiger partial charge in [-0.1, -0.05) is 46.1 Å². The Hall–Kier alpha value is -1.64. The zero-order chi connectivity index (χ0) is 16.5. The molecule has 0 fully saturated rings. The van der Waals surface area contributed by atoms with Gasteiger partial charge < -0.3 is 4.42 Å². The van der Waals surface area contributed by atoms with Crippen LogP contribution in [0.25, 0.3) is 11.5 Å². The number of unbranched alkanes of at least 4 members (excludes halogenated alkanes) is 3. The molecule has 0 atom stereocenters. The number of rotatable bonds is 10. The SMILES string of the molecule is CCCCc1ccc(-c2nnco2)c(CCCC)c1CCCC. The normalized spacial score (nSPS) is 11.1. The van der Waals surface area contributed by atoms with Crippen LogP contribution in [0.15, 0.2) is 22.9 Å². The summed E-state index contributed by atoms with van der Waals surface area (Å²) in [6.45, 7) is 6.77. The molecule has 2 rings (SSSR count). The van der Waals surface area contributed by atoms with E-state index in [0.29, 0.717) is 5.89 Å². The maximum Gasteiger partial charge on any atom is 0.247 e. The van der Waals surface area contributed by atoms with E-state index in [1.54, 1.807) is 5.56 Å². The molecule has 1 heterocycles. The number of hydrogen-bond acceptors (Lipinski definition) is 3. The Morgan fingerprint density at radius 2 is 1.48 bits per heavy atom. The topological polar surface area (TPSA) is 38.9 Å². The fourth-order valence-corrected chi connectivity index (χ4v) is 3.14. The van der Waals surface area contributed by atoms with Crippen LogP contribution in [0.4, 0.5) is 0 Å². The monoisotopic (exact) mass is 314 g/mol. The van der Waals surface area contributed by atoms with Gasteiger partial charge in [-0.15, -0.1) is 10.2 Å². The van der Waals surface area contributed by atoms with Crippen LogP contribution < -0.4 is 0 Å². The lowest BCUT2D eigenvalue weighted by Gasteiger charge is -2.18. The van der Waals surface area contributed by atoms with E-state index in [1.165, 1.54) is 62.5 Å². The number of aryl methyl sites for hydroxylation is 1. The van der Waals surface area contributed by atoms with Crippen molar-refractivity contribution in [2.45, 2.75) is 78.6 Å². The first-order valence-corrected chi connectivity index (χ1v) is 9.21. The van der Waals surface area contributed by atoms with Gasteiger partial charge in [-0.2, -0.15) is 0 Å². The Morgan fingerprint density at radius 1 is 0.826 bits per heavy atom. The van der Waals surface area contributed by atoms with E-state index in [4.69, 9.17) is 4.42 Å². The van der Waals surface area contributed by atoms with Gasteiger partial charge in [0.05, 0.1) is 0 Å². The largest absolute Gasteiger partial charge is 0.423 e. The summed E-state index contributed by atoms with van der Waals surface area (Å²) in [7, 11) is 0. The zero-order valence-electron chi connectivity index (χ0n) is 14.9. The number of hydrogen-bond donors (Lipinski definition) is 0. The summed E-state index contributed by atoms with van der Waals surface area (Å²) in [5, 5.41) is 8.02. The predicted octanol–water partition coefficient (Wildman–Crippen LogP) is 5.76.